The van der Waals surface area contributed by atoms with Gasteiger partial charge in [0.15, 0.2) is 52.4 Å². The van der Waals surface area contributed by atoms with Crippen molar-refractivity contribution >= 4 is 118 Å². The number of sulfone groups is 3. The molecule has 7 aromatic carbocycles. The average Bonchev–Trinajstić information content (AvgIpc) is 1.61. The van der Waals surface area contributed by atoms with Crippen LogP contribution in [-0.4, -0.2) is 93.8 Å². The lowest BCUT2D eigenvalue weighted by Crippen LogP contribution is -2.18. The number of carbonyl (C=O) groups excluding carboxylic acids is 3. The first-order chi connectivity index (χ1) is 49.6. The third kappa shape index (κ3) is 16.6. The Morgan fingerprint density at radius 3 is 1.68 bits per heavy atom. The Balaban J connectivity index is 0.000000147. The maximum absolute atomic E-state index is 15.0. The highest BCUT2D eigenvalue weighted by atomic mass is 79.9. The zero-order valence-electron chi connectivity index (χ0n) is 55.2. The van der Waals surface area contributed by atoms with Gasteiger partial charge >= 0.3 is 0 Å². The molecule has 0 aliphatic heterocycles. The molecule has 0 unspecified atom stereocenters. The van der Waals surface area contributed by atoms with Crippen LogP contribution in [-0.2, 0) is 82.8 Å². The molecule has 0 saturated heterocycles. The molecule has 0 radical (unpaired) electrons. The van der Waals surface area contributed by atoms with E-state index in [9.17, 15) is 61.6 Å². The summed E-state index contributed by atoms with van der Waals surface area (Å²) in [6.45, 7) is 5.72. The van der Waals surface area contributed by atoms with Crippen LogP contribution in [0.4, 0.5) is 22.0 Å². The van der Waals surface area contributed by atoms with Gasteiger partial charge < -0.3 is 27.2 Å². The largest absolute Gasteiger partial charge is 0.440 e. The zero-order valence-corrected chi connectivity index (χ0v) is 60.0. The molecule has 104 heavy (non-hydrogen) atoms. The molecule has 0 aliphatic rings. The molecule has 7 aromatic heterocycles. The van der Waals surface area contributed by atoms with Gasteiger partial charge in [0, 0.05) is 94.7 Å². The lowest BCUT2D eigenvalue weighted by molar-refractivity contribution is -0.117. The lowest BCUT2D eigenvalue weighted by Gasteiger charge is -2.08. The normalized spacial score (nSPS) is 11.9. The van der Waals surface area contributed by atoms with Gasteiger partial charge in [-0.2, -0.15) is 0 Å². The number of benzene rings is 7. The number of halogens is 7. The Hall–Kier alpha value is -10.5. The topological polar surface area (TPSA) is 259 Å². The Bertz CT molecular complexity index is 5980. The Morgan fingerprint density at radius 2 is 1.09 bits per heavy atom. The predicted molar refractivity (Wildman–Crippen MR) is 382 cm³/mol. The van der Waals surface area contributed by atoms with Crippen LogP contribution in [0.3, 0.4) is 0 Å². The van der Waals surface area contributed by atoms with E-state index in [-0.39, 0.29) is 86.3 Å². The predicted octanol–water partition coefficient (Wildman–Crippen LogP) is 15.0. The Labute approximate surface area is 604 Å². The van der Waals surface area contributed by atoms with Crippen LogP contribution in [0.15, 0.2) is 221 Å². The van der Waals surface area contributed by atoms with Gasteiger partial charge in [0.25, 0.3) is 0 Å². The molecular formula is C75H58BrClF5N7O12S3. The number of Topliss-reactive ketones (excluding diaryl/α,β-unsaturated/α-hetero) is 3. The number of para-hydroxylation sites is 3. The van der Waals surface area contributed by atoms with Gasteiger partial charge in [0.1, 0.15) is 63.4 Å². The third-order valence-electron chi connectivity index (χ3n) is 16.6. The van der Waals surface area contributed by atoms with Gasteiger partial charge in [-0.3, -0.25) is 19.4 Å². The fourth-order valence-corrected chi connectivity index (χ4v) is 17.2. The van der Waals surface area contributed by atoms with Crippen molar-refractivity contribution in [2.24, 2.45) is 0 Å². The van der Waals surface area contributed by atoms with E-state index in [2.05, 4.69) is 36.2 Å². The van der Waals surface area contributed by atoms with Gasteiger partial charge in [-0.25, -0.2) is 52.2 Å². The van der Waals surface area contributed by atoms with Crippen LogP contribution < -0.4 is 0 Å². The van der Waals surface area contributed by atoms with Gasteiger partial charge in [-0.15, -0.1) is 0 Å². The van der Waals surface area contributed by atoms with E-state index < -0.39 is 93.2 Å². The van der Waals surface area contributed by atoms with Crippen LogP contribution in [0.1, 0.15) is 51.2 Å². The van der Waals surface area contributed by atoms with Crippen LogP contribution >= 0.6 is 27.5 Å². The van der Waals surface area contributed by atoms with Crippen molar-refractivity contribution in [3.8, 4) is 11.1 Å². The minimum Gasteiger partial charge on any atom is -0.440 e. The summed E-state index contributed by atoms with van der Waals surface area (Å²) in [5.41, 5.74) is 6.91. The maximum atomic E-state index is 15.0. The third-order valence-corrected chi connectivity index (χ3v) is 22.4. The first-order valence-electron chi connectivity index (χ1n) is 31.7. The van der Waals surface area contributed by atoms with E-state index in [1.165, 1.54) is 40.0 Å². The van der Waals surface area contributed by atoms with Crippen molar-refractivity contribution in [2.75, 3.05) is 17.3 Å². The van der Waals surface area contributed by atoms with Crippen molar-refractivity contribution in [3.63, 3.8) is 0 Å². The molecule has 14 aromatic rings. The molecule has 0 fully saturated rings. The average molecular weight is 1560 g/mol. The lowest BCUT2D eigenvalue weighted by atomic mass is 10.0. The summed E-state index contributed by atoms with van der Waals surface area (Å²) in [5, 5.41) is 7.68. The summed E-state index contributed by atoms with van der Waals surface area (Å²) in [7, 11) is -12.4. The molecule has 0 amide bonds. The summed E-state index contributed by atoms with van der Waals surface area (Å²) in [4.78, 5) is 45.2. The van der Waals surface area contributed by atoms with E-state index in [4.69, 9.17) is 25.1 Å². The molecule has 29 heteroatoms. The number of fused-ring (bicyclic) bond motifs is 4. The van der Waals surface area contributed by atoms with Crippen molar-refractivity contribution in [1.29, 1.82) is 0 Å². The fraction of sp³-hybridized carbons (Fsp3) is 0.160. The SMILES string of the molecule is Cc1cc(CC(=O)CS(=O)(=O)c2cn(Cc3cccc(Cl)c3F)c3ccccc23)no1.Cc1noc(C)c1-c1cccc(Cn2cc(S(=O)(=O)CC(=O)Cc3ccccn3)c3c(F)cc(F)cc32)c1.O=C(Cc1nc2ccccc2o1)CS(=O)(=O)c1cn(Cc2cccc(Br)c2)c2cc(F)cc(F)c12. The quantitative estimate of drug-likeness (QED) is 0.0571. The first-order valence-corrected chi connectivity index (χ1v) is 37.8. The molecule has 0 atom stereocenters. The summed E-state index contributed by atoms with van der Waals surface area (Å²) in [6.07, 6.45) is 4.81. The Morgan fingerprint density at radius 1 is 0.529 bits per heavy atom. The molecular weight excluding hydrogens is 1500 g/mol. The number of hydrogen-bond acceptors (Lipinski definition) is 16. The number of rotatable bonds is 22. The number of oxazole rings is 1. The second-order valence-electron chi connectivity index (χ2n) is 24.4. The van der Waals surface area contributed by atoms with E-state index >= 15 is 0 Å². The number of pyridine rings is 1. The van der Waals surface area contributed by atoms with Crippen molar-refractivity contribution in [1.82, 2.24) is 34.0 Å². The number of aromatic nitrogens is 7. The highest BCUT2D eigenvalue weighted by molar-refractivity contribution is 9.10. The molecule has 14 rings (SSSR count). The van der Waals surface area contributed by atoms with Crippen LogP contribution in [0.5, 0.6) is 0 Å². The fourth-order valence-electron chi connectivity index (χ4n) is 12.1. The van der Waals surface area contributed by atoms with E-state index in [0.717, 1.165) is 44.6 Å². The molecule has 0 N–H and O–H groups in total. The zero-order chi connectivity index (χ0) is 73.9. The smallest absolute Gasteiger partial charge is 0.202 e. The number of hydrogen-bond donors (Lipinski definition) is 0. The minimum atomic E-state index is -4.26. The van der Waals surface area contributed by atoms with Gasteiger partial charge in [-0.1, -0.05) is 117 Å². The highest BCUT2D eigenvalue weighted by Crippen LogP contribution is 2.35. The number of nitrogens with zero attached hydrogens (tertiary/aromatic N) is 7. The van der Waals surface area contributed by atoms with Gasteiger partial charge in [0.2, 0.25) is 5.89 Å². The van der Waals surface area contributed by atoms with Gasteiger partial charge in [-0.05, 0) is 104 Å². The summed E-state index contributed by atoms with van der Waals surface area (Å²) < 4.78 is 173. The summed E-state index contributed by atoms with van der Waals surface area (Å²) in [5.74, 6) is -7.08. The van der Waals surface area contributed by atoms with E-state index in [1.807, 2.05) is 49.4 Å². The summed E-state index contributed by atoms with van der Waals surface area (Å²) in [6, 6.07) is 43.2. The number of carbonyl (C=O) groups is 3. The minimum absolute atomic E-state index is 0.00417. The molecule has 0 bridgehead atoms. The molecule has 19 nitrogen and oxygen atoms in total. The van der Waals surface area contributed by atoms with Crippen molar-refractivity contribution < 1.29 is 75.1 Å². The molecule has 7 heterocycles. The van der Waals surface area contributed by atoms with Crippen LogP contribution in [0.25, 0.3) is 54.9 Å². The first kappa shape index (κ1) is 73.2. The van der Waals surface area contributed by atoms with Crippen molar-refractivity contribution in [3.05, 3.63) is 278 Å². The monoisotopic (exact) mass is 1550 g/mol. The molecule has 0 aliphatic carbocycles. The van der Waals surface area contributed by atoms with E-state index in [0.29, 0.717) is 62.6 Å². The Kier molecular flexibility index (Phi) is 21.4. The van der Waals surface area contributed by atoms with Crippen molar-refractivity contribution in [2.45, 2.75) is 74.4 Å². The molecule has 532 valence electrons. The molecule has 0 saturated carbocycles. The van der Waals surface area contributed by atoms with Crippen LogP contribution in [0, 0.1) is 49.9 Å². The summed E-state index contributed by atoms with van der Waals surface area (Å²) >= 11 is 9.25. The number of aryl methyl sites for hydroxylation is 3. The standard InChI is InChI=1S/C28H23F2N3O4S.C25H17BrF2N2O4S.C22H18ClFN2O4S/c1-17-27(18(2)37-32-17)20-7-5-6-19(10-20)14-33-15-26(28-24(30)11-21(29)12-25(28)33)38(35,36)16-23(34)13-22-8-3-4-9-31-22;26-16-5-3-4-15(8-16)12-30-13-23(25-19(28)9-17(27)10-21(25)30)35(32,33)14-18(31)11-24-29-20-6-1-2-7-22(20)34-24;1-14-9-16(25-30-14)10-17(27)13-31(28,29)21-12-26(20-8-3-2-6-18(20)21)11-15-5-4-7-19(23)22(15)24/h3-12,15H,13-14,16H2,1-2H3;1-10,13H,11-12,14H2;2-9,12H,10-11,13H2,1H3. The highest BCUT2D eigenvalue weighted by Gasteiger charge is 2.31. The van der Waals surface area contributed by atoms with E-state index in [1.54, 1.807) is 109 Å². The van der Waals surface area contributed by atoms with Crippen LogP contribution in [0.2, 0.25) is 5.02 Å². The van der Waals surface area contributed by atoms with Gasteiger partial charge in [0.05, 0.1) is 72.3 Å². The molecule has 0 spiro atoms. The second-order valence-corrected chi connectivity index (χ2v) is 31.6. The number of ketones is 3. The second kappa shape index (κ2) is 30.4. The maximum Gasteiger partial charge on any atom is 0.202 e.